The third-order valence-corrected chi connectivity index (χ3v) is 2.80. The average Bonchev–Trinajstić information content (AvgIpc) is 2.20. The molecule has 0 heterocycles. The van der Waals surface area contributed by atoms with Crippen LogP contribution < -0.4 is 4.74 Å². The maximum Gasteiger partial charge on any atom is 0.129 e. The molecule has 2 rings (SSSR count). The summed E-state index contributed by atoms with van der Waals surface area (Å²) in [5.41, 5.74) is 0. The zero-order chi connectivity index (χ0) is 11.5. The molecule has 0 N–H and O–H groups in total. The molecule has 2 aromatic rings. The van der Waals surface area contributed by atoms with Gasteiger partial charge < -0.3 is 4.74 Å². The van der Waals surface area contributed by atoms with Crippen LogP contribution in [0.3, 0.4) is 0 Å². The molecule has 16 heavy (non-hydrogen) atoms. The van der Waals surface area contributed by atoms with Crippen molar-refractivity contribution < 1.29 is 9.13 Å². The summed E-state index contributed by atoms with van der Waals surface area (Å²) in [6.07, 6.45) is 0. The molecule has 0 amide bonds. The zero-order valence-corrected chi connectivity index (χ0v) is 11.3. The van der Waals surface area contributed by atoms with Crippen LogP contribution in [-0.2, 0) is 0 Å². The summed E-state index contributed by atoms with van der Waals surface area (Å²) in [6, 6.07) is 11.5. The monoisotopic (exact) mass is 344 g/mol. The number of halogens is 3. The molecule has 2 aromatic carbocycles. The largest absolute Gasteiger partial charge is 0.457 e. The summed E-state index contributed by atoms with van der Waals surface area (Å²) in [6.45, 7) is 0. The molecule has 0 saturated carbocycles. The van der Waals surface area contributed by atoms with Crippen molar-refractivity contribution >= 4 is 31.9 Å². The fraction of sp³-hybridized carbons (Fsp3) is 0. The normalized spacial score (nSPS) is 10.2. The lowest BCUT2D eigenvalue weighted by Gasteiger charge is -2.06. The highest BCUT2D eigenvalue weighted by Crippen LogP contribution is 2.28. The van der Waals surface area contributed by atoms with Crippen LogP contribution in [0.15, 0.2) is 51.4 Å². The second-order valence-electron chi connectivity index (χ2n) is 3.16. The summed E-state index contributed by atoms with van der Waals surface area (Å²) >= 11 is 6.74. The molecule has 0 radical (unpaired) electrons. The van der Waals surface area contributed by atoms with Crippen LogP contribution in [0.1, 0.15) is 0 Å². The standard InChI is InChI=1S/C12H7Br2FO/c13-8-5-9(14)7-12(6-8)16-11-3-1-10(15)2-4-11/h1-7H. The van der Waals surface area contributed by atoms with Gasteiger partial charge in [-0.1, -0.05) is 31.9 Å². The molecule has 0 aliphatic carbocycles. The van der Waals surface area contributed by atoms with Crippen molar-refractivity contribution in [2.75, 3.05) is 0 Å². The lowest BCUT2D eigenvalue weighted by Crippen LogP contribution is -1.84. The van der Waals surface area contributed by atoms with E-state index in [1.807, 2.05) is 18.2 Å². The molecular weight excluding hydrogens is 339 g/mol. The quantitative estimate of drug-likeness (QED) is 0.732. The number of rotatable bonds is 2. The molecule has 0 aliphatic rings. The van der Waals surface area contributed by atoms with Crippen LogP contribution in [-0.4, -0.2) is 0 Å². The summed E-state index contributed by atoms with van der Waals surface area (Å²) in [4.78, 5) is 0. The third kappa shape index (κ3) is 3.06. The molecule has 0 atom stereocenters. The third-order valence-electron chi connectivity index (χ3n) is 1.89. The van der Waals surface area contributed by atoms with Crippen molar-refractivity contribution in [2.24, 2.45) is 0 Å². The van der Waals surface area contributed by atoms with E-state index in [9.17, 15) is 4.39 Å². The van der Waals surface area contributed by atoms with Crippen LogP contribution in [0.4, 0.5) is 4.39 Å². The SMILES string of the molecule is Fc1ccc(Oc2cc(Br)cc(Br)c2)cc1. The number of hydrogen-bond acceptors (Lipinski definition) is 1. The van der Waals surface area contributed by atoms with Gasteiger partial charge in [-0.3, -0.25) is 0 Å². The second-order valence-corrected chi connectivity index (χ2v) is 4.99. The summed E-state index contributed by atoms with van der Waals surface area (Å²) in [5, 5.41) is 0. The lowest BCUT2D eigenvalue weighted by atomic mass is 10.3. The Morgan fingerprint density at radius 2 is 1.38 bits per heavy atom. The predicted octanol–water partition coefficient (Wildman–Crippen LogP) is 5.14. The first-order valence-electron chi connectivity index (χ1n) is 4.53. The molecule has 0 spiro atoms. The van der Waals surface area contributed by atoms with E-state index in [0.717, 1.165) is 8.95 Å². The Hall–Kier alpha value is -0.870. The number of ether oxygens (including phenoxy) is 1. The Kier molecular flexibility index (Phi) is 3.61. The summed E-state index contributed by atoms with van der Waals surface area (Å²) in [5.74, 6) is 1.02. The van der Waals surface area contributed by atoms with E-state index in [1.54, 1.807) is 12.1 Å². The Morgan fingerprint density at radius 3 is 1.94 bits per heavy atom. The van der Waals surface area contributed by atoms with Crippen molar-refractivity contribution in [2.45, 2.75) is 0 Å². The highest BCUT2D eigenvalue weighted by molar-refractivity contribution is 9.11. The second kappa shape index (κ2) is 4.97. The van der Waals surface area contributed by atoms with Crippen molar-refractivity contribution in [1.29, 1.82) is 0 Å². The molecule has 4 heteroatoms. The van der Waals surface area contributed by atoms with E-state index in [-0.39, 0.29) is 5.82 Å². The molecule has 0 saturated heterocycles. The molecule has 82 valence electrons. The highest BCUT2D eigenvalue weighted by Gasteiger charge is 2.00. The molecule has 0 unspecified atom stereocenters. The zero-order valence-electron chi connectivity index (χ0n) is 8.08. The first-order chi connectivity index (χ1) is 7.63. The maximum absolute atomic E-state index is 12.7. The van der Waals surface area contributed by atoms with Crippen LogP contribution in [0, 0.1) is 5.82 Å². The van der Waals surface area contributed by atoms with Gasteiger partial charge in [0.05, 0.1) is 0 Å². The average molecular weight is 346 g/mol. The lowest BCUT2D eigenvalue weighted by molar-refractivity contribution is 0.480. The van der Waals surface area contributed by atoms with E-state index in [0.29, 0.717) is 11.5 Å². The van der Waals surface area contributed by atoms with Gasteiger partial charge in [0.15, 0.2) is 0 Å². The smallest absolute Gasteiger partial charge is 0.129 e. The summed E-state index contributed by atoms with van der Waals surface area (Å²) < 4.78 is 20.1. The predicted molar refractivity (Wildman–Crippen MR) is 68.3 cm³/mol. The van der Waals surface area contributed by atoms with Gasteiger partial charge in [0.1, 0.15) is 17.3 Å². The van der Waals surface area contributed by atoms with Gasteiger partial charge in [-0.25, -0.2) is 4.39 Å². The minimum Gasteiger partial charge on any atom is -0.457 e. The van der Waals surface area contributed by atoms with E-state index in [4.69, 9.17) is 4.74 Å². The van der Waals surface area contributed by atoms with Crippen LogP contribution >= 0.6 is 31.9 Å². The van der Waals surface area contributed by atoms with Gasteiger partial charge in [-0.2, -0.15) is 0 Å². The number of benzene rings is 2. The van der Waals surface area contributed by atoms with Gasteiger partial charge in [0, 0.05) is 8.95 Å². The minimum absolute atomic E-state index is 0.275. The molecule has 0 aliphatic heterocycles. The van der Waals surface area contributed by atoms with E-state index in [2.05, 4.69) is 31.9 Å². The van der Waals surface area contributed by atoms with Gasteiger partial charge in [0.25, 0.3) is 0 Å². The Bertz CT molecular complexity index is 477. The fourth-order valence-electron chi connectivity index (χ4n) is 1.23. The first kappa shape index (κ1) is 11.6. The summed E-state index contributed by atoms with van der Waals surface area (Å²) in [7, 11) is 0. The van der Waals surface area contributed by atoms with Crippen molar-refractivity contribution in [3.8, 4) is 11.5 Å². The Labute approximate surface area is 110 Å². The first-order valence-corrected chi connectivity index (χ1v) is 6.11. The van der Waals surface area contributed by atoms with Gasteiger partial charge in [-0.15, -0.1) is 0 Å². The van der Waals surface area contributed by atoms with Gasteiger partial charge in [-0.05, 0) is 42.5 Å². The molecular formula is C12H7Br2FO. The van der Waals surface area contributed by atoms with Crippen LogP contribution in [0.5, 0.6) is 11.5 Å². The minimum atomic E-state index is -0.275. The van der Waals surface area contributed by atoms with E-state index < -0.39 is 0 Å². The number of hydrogen-bond donors (Lipinski definition) is 0. The van der Waals surface area contributed by atoms with E-state index in [1.165, 1.54) is 12.1 Å². The molecule has 0 fully saturated rings. The fourth-order valence-corrected chi connectivity index (χ4v) is 2.48. The highest BCUT2D eigenvalue weighted by atomic mass is 79.9. The Balaban J connectivity index is 2.23. The van der Waals surface area contributed by atoms with Crippen molar-refractivity contribution in [3.05, 3.63) is 57.2 Å². The van der Waals surface area contributed by atoms with Crippen LogP contribution in [0.2, 0.25) is 0 Å². The van der Waals surface area contributed by atoms with Gasteiger partial charge in [0.2, 0.25) is 0 Å². The molecule has 0 bridgehead atoms. The Morgan fingerprint density at radius 1 is 0.812 bits per heavy atom. The van der Waals surface area contributed by atoms with Crippen molar-refractivity contribution in [1.82, 2.24) is 0 Å². The van der Waals surface area contributed by atoms with Crippen molar-refractivity contribution in [3.63, 3.8) is 0 Å². The van der Waals surface area contributed by atoms with Gasteiger partial charge >= 0.3 is 0 Å². The topological polar surface area (TPSA) is 9.23 Å². The van der Waals surface area contributed by atoms with E-state index >= 15 is 0 Å². The molecule has 1 nitrogen and oxygen atoms in total. The maximum atomic E-state index is 12.7. The molecule has 0 aromatic heterocycles. The van der Waals surface area contributed by atoms with Crippen LogP contribution in [0.25, 0.3) is 0 Å².